The highest BCUT2D eigenvalue weighted by atomic mass is 31.1. The van der Waals surface area contributed by atoms with E-state index < -0.39 is 0 Å². The lowest BCUT2D eigenvalue weighted by Crippen LogP contribution is -2.44. The van der Waals surface area contributed by atoms with Crippen molar-refractivity contribution in [3.05, 3.63) is 0 Å². The van der Waals surface area contributed by atoms with E-state index >= 15 is 0 Å². The predicted octanol–water partition coefficient (Wildman–Crippen LogP) is 2.94. The average Bonchev–Trinajstić information content (AvgIpc) is 2.84. The Morgan fingerprint density at radius 1 is 1.21 bits per heavy atom. The Labute approximate surface area is 88.3 Å². The summed E-state index contributed by atoms with van der Waals surface area (Å²) < 4.78 is 8.73. The van der Waals surface area contributed by atoms with Crippen LogP contribution in [0.25, 0.3) is 0 Å². The third-order valence-corrected chi connectivity index (χ3v) is 5.76. The molecule has 2 nitrogen and oxygen atoms in total. The summed E-state index contributed by atoms with van der Waals surface area (Å²) in [6.45, 7) is 3.66. The van der Waals surface area contributed by atoms with Gasteiger partial charge in [-0.3, -0.25) is 4.67 Å². The minimum atomic E-state index is 0.214. The fourth-order valence-corrected chi connectivity index (χ4v) is 4.93. The van der Waals surface area contributed by atoms with Gasteiger partial charge < -0.3 is 4.52 Å². The van der Waals surface area contributed by atoms with Crippen LogP contribution in [-0.2, 0) is 4.52 Å². The molecular formula is C11H20NOP. The first kappa shape index (κ1) is 9.57. The van der Waals surface area contributed by atoms with Crippen molar-refractivity contribution >= 4 is 8.96 Å². The summed E-state index contributed by atoms with van der Waals surface area (Å²) in [7, 11) is 0.654. The van der Waals surface area contributed by atoms with Crippen LogP contribution in [0.5, 0.6) is 0 Å². The fraction of sp³-hybridized carbons (Fsp3) is 1.00. The van der Waals surface area contributed by atoms with Gasteiger partial charge >= 0.3 is 0 Å². The zero-order chi connectivity index (χ0) is 9.60. The zero-order valence-corrected chi connectivity index (χ0v) is 9.96. The molecular weight excluding hydrogens is 193 g/mol. The minimum Gasteiger partial charge on any atom is -0.338 e. The molecule has 0 radical (unpaired) electrons. The van der Waals surface area contributed by atoms with Gasteiger partial charge in [0, 0.05) is 12.6 Å². The van der Waals surface area contributed by atoms with Gasteiger partial charge in [-0.25, -0.2) is 0 Å². The van der Waals surface area contributed by atoms with Crippen LogP contribution in [-0.4, -0.2) is 22.9 Å². The Kier molecular flexibility index (Phi) is 2.35. The van der Waals surface area contributed by atoms with Gasteiger partial charge in [0.25, 0.3) is 0 Å². The van der Waals surface area contributed by atoms with Gasteiger partial charge in [0.2, 0.25) is 0 Å². The smallest absolute Gasteiger partial charge is 0.0902 e. The lowest BCUT2D eigenvalue weighted by Gasteiger charge is -2.34. The summed E-state index contributed by atoms with van der Waals surface area (Å²) in [5.74, 6) is 0.850. The Bertz CT molecular complexity index is 229. The topological polar surface area (TPSA) is 12.5 Å². The number of hydrogen-bond donors (Lipinski definition) is 0. The molecule has 2 heterocycles. The van der Waals surface area contributed by atoms with E-state index in [0.717, 1.165) is 12.0 Å². The van der Waals surface area contributed by atoms with Crippen LogP contribution in [0, 0.1) is 5.92 Å². The largest absolute Gasteiger partial charge is 0.338 e. The molecule has 0 aromatic rings. The van der Waals surface area contributed by atoms with Crippen LogP contribution in [0.2, 0.25) is 0 Å². The number of hydrogen-bond acceptors (Lipinski definition) is 2. The van der Waals surface area contributed by atoms with Gasteiger partial charge in [-0.2, -0.15) is 0 Å². The van der Waals surface area contributed by atoms with Crippen molar-refractivity contribution in [3.8, 4) is 0 Å². The SMILES string of the molecule is C[C@]1(C2CCCC2)OPN2CCC[C@H]21. The van der Waals surface area contributed by atoms with E-state index in [-0.39, 0.29) is 5.60 Å². The first-order valence-corrected chi connectivity index (χ1v) is 6.86. The van der Waals surface area contributed by atoms with Crippen LogP contribution < -0.4 is 0 Å². The van der Waals surface area contributed by atoms with Crippen molar-refractivity contribution in [3.63, 3.8) is 0 Å². The molecule has 2 aliphatic heterocycles. The van der Waals surface area contributed by atoms with Crippen LogP contribution in [0.1, 0.15) is 45.4 Å². The standard InChI is InChI=1S/C11H20NOP/c1-11(9-5-2-3-6-9)10-7-4-8-12(10)14-13-11/h9-10,14H,2-8H2,1H3/t10-,11+/m0/s1. The Morgan fingerprint density at radius 3 is 2.79 bits per heavy atom. The highest BCUT2D eigenvalue weighted by Crippen LogP contribution is 2.54. The van der Waals surface area contributed by atoms with Crippen molar-refractivity contribution in [2.75, 3.05) is 6.54 Å². The summed E-state index contributed by atoms with van der Waals surface area (Å²) >= 11 is 0. The van der Waals surface area contributed by atoms with E-state index in [1.165, 1.54) is 45.1 Å². The molecule has 0 bridgehead atoms. The second-order valence-corrected chi connectivity index (χ2v) is 6.17. The molecule has 1 aliphatic carbocycles. The van der Waals surface area contributed by atoms with Crippen molar-refractivity contribution in [1.29, 1.82) is 0 Å². The van der Waals surface area contributed by atoms with E-state index in [2.05, 4.69) is 11.6 Å². The minimum absolute atomic E-state index is 0.214. The fourth-order valence-electron chi connectivity index (χ4n) is 3.55. The summed E-state index contributed by atoms with van der Waals surface area (Å²) in [6.07, 6.45) is 8.44. The zero-order valence-electron chi connectivity index (χ0n) is 8.96. The molecule has 80 valence electrons. The maximum atomic E-state index is 6.15. The van der Waals surface area contributed by atoms with Crippen molar-refractivity contribution < 1.29 is 4.52 Å². The summed E-state index contributed by atoms with van der Waals surface area (Å²) in [6, 6.07) is 0.754. The van der Waals surface area contributed by atoms with Gasteiger partial charge in [0.05, 0.1) is 14.6 Å². The predicted molar refractivity (Wildman–Crippen MR) is 59.5 cm³/mol. The summed E-state index contributed by atoms with van der Waals surface area (Å²) in [4.78, 5) is 0. The van der Waals surface area contributed by atoms with Crippen molar-refractivity contribution in [2.45, 2.75) is 57.1 Å². The second-order valence-electron chi connectivity index (χ2n) is 5.21. The molecule has 3 atom stereocenters. The molecule has 3 fully saturated rings. The van der Waals surface area contributed by atoms with Gasteiger partial charge in [-0.15, -0.1) is 0 Å². The Hall–Kier alpha value is 0.350. The first-order valence-electron chi connectivity index (χ1n) is 6.01. The highest BCUT2D eigenvalue weighted by molar-refractivity contribution is 7.29. The Morgan fingerprint density at radius 2 is 2.00 bits per heavy atom. The number of rotatable bonds is 1. The van der Waals surface area contributed by atoms with Gasteiger partial charge in [-0.05, 0) is 38.5 Å². The first-order chi connectivity index (χ1) is 6.81. The molecule has 1 saturated carbocycles. The lowest BCUT2D eigenvalue weighted by molar-refractivity contribution is 0.0287. The van der Waals surface area contributed by atoms with E-state index in [4.69, 9.17) is 4.52 Å². The van der Waals surface area contributed by atoms with E-state index in [9.17, 15) is 0 Å². The molecule has 3 rings (SSSR count). The molecule has 1 unspecified atom stereocenters. The highest BCUT2D eigenvalue weighted by Gasteiger charge is 2.52. The molecule has 14 heavy (non-hydrogen) atoms. The van der Waals surface area contributed by atoms with Crippen LogP contribution >= 0.6 is 8.96 Å². The van der Waals surface area contributed by atoms with Gasteiger partial charge in [0.15, 0.2) is 0 Å². The third kappa shape index (κ3) is 1.27. The second kappa shape index (κ2) is 3.43. The number of nitrogens with zero attached hydrogens (tertiary/aromatic N) is 1. The Balaban J connectivity index is 1.81. The van der Waals surface area contributed by atoms with Crippen LogP contribution in [0.15, 0.2) is 0 Å². The average molecular weight is 213 g/mol. The molecule has 0 aromatic heterocycles. The summed E-state index contributed by atoms with van der Waals surface area (Å²) in [5, 5.41) is 0. The van der Waals surface area contributed by atoms with E-state index in [0.29, 0.717) is 8.96 Å². The third-order valence-electron chi connectivity index (χ3n) is 4.46. The van der Waals surface area contributed by atoms with Crippen LogP contribution in [0.3, 0.4) is 0 Å². The van der Waals surface area contributed by atoms with Gasteiger partial charge in [0.1, 0.15) is 0 Å². The summed E-state index contributed by atoms with van der Waals surface area (Å²) in [5.41, 5.74) is 0.214. The van der Waals surface area contributed by atoms with Crippen molar-refractivity contribution in [1.82, 2.24) is 4.67 Å². The molecule has 2 saturated heterocycles. The van der Waals surface area contributed by atoms with Gasteiger partial charge in [-0.1, -0.05) is 12.8 Å². The van der Waals surface area contributed by atoms with E-state index in [1.807, 2.05) is 0 Å². The molecule has 0 amide bonds. The number of fused-ring (bicyclic) bond motifs is 1. The molecule has 3 heteroatoms. The maximum absolute atomic E-state index is 6.15. The monoisotopic (exact) mass is 213 g/mol. The molecule has 0 N–H and O–H groups in total. The normalized spacial score (nSPS) is 46.5. The maximum Gasteiger partial charge on any atom is 0.0902 e. The lowest BCUT2D eigenvalue weighted by atomic mass is 9.81. The van der Waals surface area contributed by atoms with Crippen LogP contribution in [0.4, 0.5) is 0 Å². The van der Waals surface area contributed by atoms with Crippen molar-refractivity contribution in [2.24, 2.45) is 5.92 Å². The quantitative estimate of drug-likeness (QED) is 0.621. The van der Waals surface area contributed by atoms with E-state index in [1.54, 1.807) is 0 Å². The molecule has 0 aromatic carbocycles. The molecule has 0 spiro atoms. The molecule has 3 aliphatic rings.